The van der Waals surface area contributed by atoms with Crippen molar-refractivity contribution in [1.29, 1.82) is 5.26 Å². The van der Waals surface area contributed by atoms with Crippen molar-refractivity contribution in [3.63, 3.8) is 0 Å². The topological polar surface area (TPSA) is 98.2 Å². The summed E-state index contributed by atoms with van der Waals surface area (Å²) in [6, 6.07) is 8.64. The van der Waals surface area contributed by atoms with E-state index in [0.717, 1.165) is 0 Å². The van der Waals surface area contributed by atoms with Crippen molar-refractivity contribution >= 4 is 5.97 Å². The number of nitriles is 1. The monoisotopic (exact) mass is 315 g/mol. The highest BCUT2D eigenvalue weighted by Crippen LogP contribution is 2.16. The van der Waals surface area contributed by atoms with Gasteiger partial charge >= 0.3 is 5.97 Å². The Hall–Kier alpha value is -2.88. The highest BCUT2D eigenvalue weighted by molar-refractivity contribution is 5.71. The smallest absolute Gasteiger partial charge is 0.344 e. The van der Waals surface area contributed by atoms with Crippen LogP contribution in [0.5, 0.6) is 5.75 Å². The minimum Gasteiger partial charge on any atom is -0.481 e. The van der Waals surface area contributed by atoms with Gasteiger partial charge in [0.25, 0.3) is 5.89 Å². The summed E-state index contributed by atoms with van der Waals surface area (Å²) in [4.78, 5) is 15.8. The fourth-order valence-corrected chi connectivity index (χ4v) is 1.80. The second kappa shape index (κ2) is 7.94. The molecule has 0 saturated heterocycles. The molecular weight excluding hydrogens is 298 g/mol. The van der Waals surface area contributed by atoms with E-state index in [0.29, 0.717) is 29.5 Å². The van der Waals surface area contributed by atoms with Crippen LogP contribution in [0.1, 0.15) is 31.1 Å². The van der Waals surface area contributed by atoms with Crippen LogP contribution in [0.4, 0.5) is 0 Å². The average Bonchev–Trinajstić information content (AvgIpc) is 2.97. The van der Waals surface area contributed by atoms with E-state index in [1.54, 1.807) is 24.3 Å². The maximum absolute atomic E-state index is 11.7. The minimum absolute atomic E-state index is 0.104. The van der Waals surface area contributed by atoms with Crippen LogP contribution >= 0.6 is 0 Å². The van der Waals surface area contributed by atoms with Crippen molar-refractivity contribution in [2.75, 3.05) is 6.61 Å². The van der Waals surface area contributed by atoms with Crippen molar-refractivity contribution in [2.45, 2.75) is 26.9 Å². The molecule has 7 heteroatoms. The van der Waals surface area contributed by atoms with Gasteiger partial charge in [-0.2, -0.15) is 10.2 Å². The molecule has 0 unspecified atom stereocenters. The second-order valence-corrected chi connectivity index (χ2v) is 5.26. The second-order valence-electron chi connectivity index (χ2n) is 5.26. The van der Waals surface area contributed by atoms with Gasteiger partial charge in [0, 0.05) is 6.42 Å². The fraction of sp³-hybridized carbons (Fsp3) is 0.375. The Morgan fingerprint density at radius 2 is 2.17 bits per heavy atom. The standard InChI is InChI=1S/C16H17N3O4/c1-11(2)7-14-18-15(23-19-14)9-22-16(20)10-21-13-6-4-3-5-12(13)8-17/h3-6,11H,7,9-10H2,1-2H3. The summed E-state index contributed by atoms with van der Waals surface area (Å²) in [5, 5.41) is 12.7. The van der Waals surface area contributed by atoms with Crippen LogP contribution in [0.15, 0.2) is 28.8 Å². The summed E-state index contributed by atoms with van der Waals surface area (Å²) < 4.78 is 15.3. The Kier molecular flexibility index (Phi) is 5.69. The van der Waals surface area contributed by atoms with E-state index in [1.165, 1.54) is 0 Å². The quantitative estimate of drug-likeness (QED) is 0.723. The SMILES string of the molecule is CC(C)Cc1noc(COC(=O)COc2ccccc2C#N)n1. The predicted octanol–water partition coefficient (Wildman–Crippen LogP) is 2.26. The molecule has 0 fully saturated rings. The lowest BCUT2D eigenvalue weighted by atomic mass is 10.1. The summed E-state index contributed by atoms with van der Waals surface area (Å²) in [7, 11) is 0. The Morgan fingerprint density at radius 1 is 1.39 bits per heavy atom. The number of rotatable bonds is 7. The number of carbonyl (C=O) groups excluding carboxylic acids is 1. The minimum atomic E-state index is -0.582. The maximum Gasteiger partial charge on any atom is 0.344 e. The van der Waals surface area contributed by atoms with E-state index in [9.17, 15) is 4.79 Å². The lowest BCUT2D eigenvalue weighted by molar-refractivity contribution is -0.148. The molecule has 120 valence electrons. The Morgan fingerprint density at radius 3 is 2.91 bits per heavy atom. The zero-order valence-corrected chi connectivity index (χ0v) is 13.0. The Balaban J connectivity index is 1.79. The zero-order chi connectivity index (χ0) is 16.7. The number of ether oxygens (including phenoxy) is 2. The van der Waals surface area contributed by atoms with Crippen LogP contribution in [-0.4, -0.2) is 22.7 Å². The third-order valence-electron chi connectivity index (χ3n) is 2.81. The molecule has 0 atom stereocenters. The van der Waals surface area contributed by atoms with Crippen LogP contribution in [0.2, 0.25) is 0 Å². The van der Waals surface area contributed by atoms with Crippen molar-refractivity contribution in [3.05, 3.63) is 41.5 Å². The van der Waals surface area contributed by atoms with Crippen molar-refractivity contribution in [1.82, 2.24) is 10.1 Å². The largest absolute Gasteiger partial charge is 0.481 e. The number of esters is 1. The highest BCUT2D eigenvalue weighted by atomic mass is 16.6. The molecule has 0 N–H and O–H groups in total. The van der Waals surface area contributed by atoms with Gasteiger partial charge in [0.1, 0.15) is 11.8 Å². The first kappa shape index (κ1) is 16.5. The van der Waals surface area contributed by atoms with Crippen molar-refractivity contribution < 1.29 is 18.8 Å². The molecule has 0 aliphatic rings. The molecule has 0 aliphatic heterocycles. The van der Waals surface area contributed by atoms with Gasteiger partial charge in [-0.3, -0.25) is 0 Å². The van der Waals surface area contributed by atoms with E-state index < -0.39 is 5.97 Å². The van der Waals surface area contributed by atoms with Gasteiger partial charge in [0.2, 0.25) is 0 Å². The van der Waals surface area contributed by atoms with Crippen molar-refractivity contribution in [3.8, 4) is 11.8 Å². The first-order valence-electron chi connectivity index (χ1n) is 7.17. The molecule has 0 aliphatic carbocycles. The number of hydrogen-bond donors (Lipinski definition) is 0. The van der Waals surface area contributed by atoms with Gasteiger partial charge in [-0.1, -0.05) is 31.1 Å². The van der Waals surface area contributed by atoms with Crippen LogP contribution in [-0.2, 0) is 22.6 Å². The molecule has 0 bridgehead atoms. The Bertz CT molecular complexity index is 703. The lowest BCUT2D eigenvalue weighted by Crippen LogP contribution is -2.15. The summed E-state index contributed by atoms with van der Waals surface area (Å²) in [6.07, 6.45) is 0.700. The number of hydrogen-bond acceptors (Lipinski definition) is 7. The fourth-order valence-electron chi connectivity index (χ4n) is 1.80. The molecular formula is C16H17N3O4. The van der Waals surface area contributed by atoms with Crippen LogP contribution in [0, 0.1) is 17.2 Å². The van der Waals surface area contributed by atoms with Gasteiger partial charge in [-0.25, -0.2) is 4.79 Å². The third kappa shape index (κ3) is 5.11. The summed E-state index contributed by atoms with van der Waals surface area (Å²) in [5.74, 6) is 0.999. The van der Waals surface area contributed by atoms with E-state index in [1.807, 2.05) is 19.9 Å². The number of nitrogens with zero attached hydrogens (tertiary/aromatic N) is 3. The lowest BCUT2D eigenvalue weighted by Gasteiger charge is -2.06. The molecule has 0 amide bonds. The molecule has 2 aromatic rings. The van der Waals surface area contributed by atoms with Gasteiger partial charge in [0.05, 0.1) is 5.56 Å². The molecule has 1 aromatic heterocycles. The first-order valence-corrected chi connectivity index (χ1v) is 7.17. The summed E-state index contributed by atoms with van der Waals surface area (Å²) in [5.41, 5.74) is 0.357. The van der Waals surface area contributed by atoms with Gasteiger partial charge in [-0.05, 0) is 18.1 Å². The molecule has 0 saturated carbocycles. The maximum atomic E-state index is 11.7. The van der Waals surface area contributed by atoms with Gasteiger partial charge in [0.15, 0.2) is 19.0 Å². The number of para-hydroxylation sites is 1. The van der Waals surface area contributed by atoms with E-state index >= 15 is 0 Å². The van der Waals surface area contributed by atoms with Crippen molar-refractivity contribution in [2.24, 2.45) is 5.92 Å². The number of benzene rings is 1. The average molecular weight is 315 g/mol. The molecule has 2 rings (SSSR count). The highest BCUT2D eigenvalue weighted by Gasteiger charge is 2.12. The number of carbonyl (C=O) groups is 1. The zero-order valence-electron chi connectivity index (χ0n) is 13.0. The van der Waals surface area contributed by atoms with E-state index in [-0.39, 0.29) is 19.1 Å². The molecule has 1 heterocycles. The Labute approximate surface area is 133 Å². The molecule has 0 radical (unpaired) electrons. The predicted molar refractivity (Wildman–Crippen MR) is 79.3 cm³/mol. The van der Waals surface area contributed by atoms with Crippen LogP contribution in [0.3, 0.4) is 0 Å². The molecule has 23 heavy (non-hydrogen) atoms. The van der Waals surface area contributed by atoms with E-state index in [2.05, 4.69) is 10.1 Å². The van der Waals surface area contributed by atoms with Crippen LogP contribution < -0.4 is 4.74 Å². The summed E-state index contributed by atoms with van der Waals surface area (Å²) >= 11 is 0. The van der Waals surface area contributed by atoms with E-state index in [4.69, 9.17) is 19.3 Å². The summed E-state index contributed by atoms with van der Waals surface area (Å²) in [6.45, 7) is 3.69. The molecule has 1 aromatic carbocycles. The molecule has 7 nitrogen and oxygen atoms in total. The number of aromatic nitrogens is 2. The van der Waals surface area contributed by atoms with Gasteiger partial charge < -0.3 is 14.0 Å². The first-order chi connectivity index (χ1) is 11.1. The molecule has 0 spiro atoms. The van der Waals surface area contributed by atoms with Gasteiger partial charge in [-0.15, -0.1) is 0 Å². The third-order valence-corrected chi connectivity index (χ3v) is 2.81. The van der Waals surface area contributed by atoms with Crippen LogP contribution in [0.25, 0.3) is 0 Å². The normalized spacial score (nSPS) is 10.3.